The number of hydrogen-bond acceptors (Lipinski definition) is 0. The molecular weight excluding hydrogens is 635 g/mol. The van der Waals surface area contributed by atoms with Gasteiger partial charge in [0.05, 0.1) is 0 Å². The Balaban J connectivity index is 1.27. The average Bonchev–Trinajstić information content (AvgIpc) is 3.40. The molecule has 2 heteroatoms. The average molecular weight is 666 g/mol. The van der Waals surface area contributed by atoms with Crippen molar-refractivity contribution in [3.8, 4) is 44.5 Å². The van der Waals surface area contributed by atoms with Gasteiger partial charge >= 0.3 is 0 Å². The third kappa shape index (κ3) is 5.08. The highest BCUT2D eigenvalue weighted by Gasteiger charge is 2.21. The molecule has 0 unspecified atom stereocenters. The summed E-state index contributed by atoms with van der Waals surface area (Å²) >= 11 is 12.6. The summed E-state index contributed by atoms with van der Waals surface area (Å²) in [5, 5.41) is 8.92. The lowest BCUT2D eigenvalue weighted by atomic mass is 9.82. The number of allylic oxidation sites excluding steroid dienone is 3. The number of halogens is 2. The first-order valence-corrected chi connectivity index (χ1v) is 17.4. The zero-order chi connectivity index (χ0) is 32.9. The predicted octanol–water partition coefficient (Wildman–Crippen LogP) is 14.2. The largest absolute Gasteiger partial charge is 0.0843 e. The summed E-state index contributed by atoms with van der Waals surface area (Å²) in [6.07, 6.45) is 9.73. The molecule has 0 N–H and O–H groups in total. The Morgan fingerprint density at radius 2 is 0.694 bits per heavy atom. The van der Waals surface area contributed by atoms with Crippen molar-refractivity contribution in [3.05, 3.63) is 185 Å². The second-order valence-corrected chi connectivity index (χ2v) is 13.5. The molecular formula is C47H30Cl2. The van der Waals surface area contributed by atoms with E-state index in [1.165, 1.54) is 82.4 Å². The van der Waals surface area contributed by atoms with Crippen molar-refractivity contribution in [1.82, 2.24) is 0 Å². The highest BCUT2D eigenvalue weighted by atomic mass is 35.5. The standard InChI is InChI=1S/C47H30Cl2/c48-34-26-22-32(23-27-34)46-37-11-3-1-2-10-36(37)44(38-12-4-7-15-41(38)46)30-18-20-31(21-19-30)45-39-13-5-8-16-42(39)47(33-24-28-35(49)29-25-33)43-17-9-6-14-40(43)45/h1-10,12-29H,11H2. The van der Waals surface area contributed by atoms with Gasteiger partial charge in [-0.1, -0.05) is 169 Å². The van der Waals surface area contributed by atoms with E-state index in [2.05, 4.69) is 146 Å². The number of rotatable bonds is 4. The number of fused-ring (bicyclic) bond motifs is 4. The molecule has 8 aromatic carbocycles. The lowest BCUT2D eigenvalue weighted by Gasteiger charge is -2.21. The first-order chi connectivity index (χ1) is 24.2. The van der Waals surface area contributed by atoms with Gasteiger partial charge in [0.2, 0.25) is 0 Å². The monoisotopic (exact) mass is 664 g/mol. The van der Waals surface area contributed by atoms with E-state index in [4.69, 9.17) is 23.2 Å². The number of benzene rings is 8. The van der Waals surface area contributed by atoms with E-state index in [1.807, 2.05) is 24.3 Å². The molecule has 0 spiro atoms. The van der Waals surface area contributed by atoms with Gasteiger partial charge in [-0.05, 0) is 119 Å². The molecule has 0 fully saturated rings. The van der Waals surface area contributed by atoms with E-state index < -0.39 is 0 Å². The minimum Gasteiger partial charge on any atom is -0.0843 e. The van der Waals surface area contributed by atoms with Crippen molar-refractivity contribution < 1.29 is 0 Å². The Morgan fingerprint density at radius 3 is 1.14 bits per heavy atom. The lowest BCUT2D eigenvalue weighted by molar-refractivity contribution is 1.28. The van der Waals surface area contributed by atoms with Crippen molar-refractivity contribution in [2.24, 2.45) is 0 Å². The van der Waals surface area contributed by atoms with Gasteiger partial charge in [0.15, 0.2) is 0 Å². The zero-order valence-electron chi connectivity index (χ0n) is 26.6. The molecule has 0 radical (unpaired) electrons. The van der Waals surface area contributed by atoms with Crippen LogP contribution in [0.15, 0.2) is 164 Å². The molecule has 0 aromatic heterocycles. The summed E-state index contributed by atoms with van der Waals surface area (Å²) in [5.41, 5.74) is 12.4. The highest BCUT2D eigenvalue weighted by molar-refractivity contribution is 6.31. The maximum absolute atomic E-state index is 6.33. The normalized spacial score (nSPS) is 12.4. The third-order valence-electron chi connectivity index (χ3n) is 9.85. The van der Waals surface area contributed by atoms with E-state index >= 15 is 0 Å². The van der Waals surface area contributed by atoms with Gasteiger partial charge in [0.25, 0.3) is 0 Å². The summed E-state index contributed by atoms with van der Waals surface area (Å²) in [6.45, 7) is 0. The fraction of sp³-hybridized carbons (Fsp3) is 0.0213. The topological polar surface area (TPSA) is 0 Å². The summed E-state index contributed by atoms with van der Waals surface area (Å²) in [6, 6.07) is 52.1. The zero-order valence-corrected chi connectivity index (χ0v) is 28.1. The molecule has 0 amide bonds. The van der Waals surface area contributed by atoms with Crippen LogP contribution in [0.25, 0.3) is 82.9 Å². The van der Waals surface area contributed by atoms with Crippen LogP contribution in [0.1, 0.15) is 11.1 Å². The van der Waals surface area contributed by atoms with Gasteiger partial charge in [-0.25, -0.2) is 0 Å². The van der Waals surface area contributed by atoms with Gasteiger partial charge in [0, 0.05) is 10.0 Å². The van der Waals surface area contributed by atoms with Crippen LogP contribution in [0.5, 0.6) is 0 Å². The van der Waals surface area contributed by atoms with Crippen molar-refractivity contribution in [1.29, 1.82) is 0 Å². The fourth-order valence-electron chi connectivity index (χ4n) is 7.75. The minimum atomic E-state index is 0.741. The van der Waals surface area contributed by atoms with E-state index in [9.17, 15) is 0 Å². The summed E-state index contributed by atoms with van der Waals surface area (Å²) in [5.74, 6) is 0. The second-order valence-electron chi connectivity index (χ2n) is 12.6. The van der Waals surface area contributed by atoms with Crippen LogP contribution in [0.4, 0.5) is 0 Å². The summed E-state index contributed by atoms with van der Waals surface area (Å²) in [7, 11) is 0. The fourth-order valence-corrected chi connectivity index (χ4v) is 8.00. The Morgan fingerprint density at radius 1 is 0.347 bits per heavy atom. The van der Waals surface area contributed by atoms with Crippen LogP contribution in [0.3, 0.4) is 0 Å². The van der Waals surface area contributed by atoms with Gasteiger partial charge in [-0.15, -0.1) is 0 Å². The minimum absolute atomic E-state index is 0.741. The molecule has 0 heterocycles. The SMILES string of the molecule is Clc1ccc(-c2c3c(c(-c4ccc(-c5c6ccccc6c(-c6ccc(Cl)cc6)c6ccccc56)cc4)c4ccccc24)C=CC=CC3)cc1. The number of hydrogen-bond donors (Lipinski definition) is 0. The summed E-state index contributed by atoms with van der Waals surface area (Å²) in [4.78, 5) is 0. The second kappa shape index (κ2) is 12.2. The van der Waals surface area contributed by atoms with Gasteiger partial charge in [0.1, 0.15) is 0 Å². The van der Waals surface area contributed by atoms with Crippen LogP contribution in [-0.2, 0) is 6.42 Å². The smallest absolute Gasteiger partial charge is 0.0406 e. The Kier molecular flexibility index (Phi) is 7.42. The Hall–Kier alpha value is -5.40. The van der Waals surface area contributed by atoms with Crippen LogP contribution >= 0.6 is 23.2 Å². The van der Waals surface area contributed by atoms with Gasteiger partial charge in [-0.3, -0.25) is 0 Å². The molecule has 1 aliphatic carbocycles. The van der Waals surface area contributed by atoms with E-state index in [0.717, 1.165) is 22.0 Å². The van der Waals surface area contributed by atoms with Crippen LogP contribution in [0, 0.1) is 0 Å². The van der Waals surface area contributed by atoms with E-state index in [-0.39, 0.29) is 0 Å². The maximum Gasteiger partial charge on any atom is 0.0406 e. The molecule has 0 bridgehead atoms. The molecule has 0 nitrogen and oxygen atoms in total. The third-order valence-corrected chi connectivity index (χ3v) is 10.4. The molecule has 1 aliphatic rings. The lowest BCUT2D eigenvalue weighted by Crippen LogP contribution is -1.99. The first-order valence-electron chi connectivity index (χ1n) is 16.6. The van der Waals surface area contributed by atoms with E-state index in [0.29, 0.717) is 0 Å². The molecule has 0 aliphatic heterocycles. The molecule has 0 atom stereocenters. The quantitative estimate of drug-likeness (QED) is 0.164. The molecule has 0 saturated carbocycles. The van der Waals surface area contributed by atoms with Crippen molar-refractivity contribution in [2.45, 2.75) is 6.42 Å². The van der Waals surface area contributed by atoms with Crippen LogP contribution < -0.4 is 0 Å². The molecule has 232 valence electrons. The molecule has 9 rings (SSSR count). The van der Waals surface area contributed by atoms with Crippen LogP contribution in [0.2, 0.25) is 10.0 Å². The van der Waals surface area contributed by atoms with Crippen molar-refractivity contribution in [2.75, 3.05) is 0 Å². The van der Waals surface area contributed by atoms with Gasteiger partial charge in [-0.2, -0.15) is 0 Å². The van der Waals surface area contributed by atoms with Gasteiger partial charge < -0.3 is 0 Å². The first kappa shape index (κ1) is 29.7. The summed E-state index contributed by atoms with van der Waals surface area (Å²) < 4.78 is 0. The van der Waals surface area contributed by atoms with E-state index in [1.54, 1.807) is 0 Å². The highest BCUT2D eigenvalue weighted by Crippen LogP contribution is 2.46. The molecule has 0 saturated heterocycles. The Bertz CT molecular complexity index is 2550. The van der Waals surface area contributed by atoms with Crippen molar-refractivity contribution in [3.63, 3.8) is 0 Å². The maximum atomic E-state index is 6.33. The Labute approximate surface area is 296 Å². The van der Waals surface area contributed by atoms with Crippen LogP contribution in [-0.4, -0.2) is 0 Å². The predicted molar refractivity (Wildman–Crippen MR) is 213 cm³/mol. The van der Waals surface area contributed by atoms with Crippen molar-refractivity contribution >= 4 is 61.6 Å². The molecule has 8 aromatic rings. The molecule has 49 heavy (non-hydrogen) atoms.